The van der Waals surface area contributed by atoms with Crippen molar-refractivity contribution in [3.63, 3.8) is 0 Å². The fourth-order valence-corrected chi connectivity index (χ4v) is 2.83. The van der Waals surface area contributed by atoms with Crippen molar-refractivity contribution in [1.29, 1.82) is 0 Å². The zero-order valence-corrected chi connectivity index (χ0v) is 12.5. The van der Waals surface area contributed by atoms with Crippen molar-refractivity contribution in [2.24, 2.45) is 0 Å². The van der Waals surface area contributed by atoms with Crippen LogP contribution >= 0.6 is 15.9 Å². The van der Waals surface area contributed by atoms with E-state index in [1.807, 2.05) is 13.0 Å². The second-order valence-electron chi connectivity index (χ2n) is 4.63. The van der Waals surface area contributed by atoms with Gasteiger partial charge in [-0.1, -0.05) is 15.9 Å². The van der Waals surface area contributed by atoms with Crippen LogP contribution in [0.1, 0.15) is 30.1 Å². The second-order valence-corrected chi connectivity index (χ2v) is 5.55. The fraction of sp³-hybridized carbons (Fsp3) is 0.500. The average molecular weight is 328 g/mol. The Labute approximate surface area is 121 Å². The SMILES string of the molecule is CCOC1CCCN(c2cc(Br)ccc2C(=O)O)C1. The van der Waals surface area contributed by atoms with Gasteiger partial charge in [-0.05, 0) is 38.0 Å². The van der Waals surface area contributed by atoms with Gasteiger partial charge >= 0.3 is 5.97 Å². The molecule has 0 spiro atoms. The number of nitrogens with zero attached hydrogens (tertiary/aromatic N) is 1. The van der Waals surface area contributed by atoms with Crippen molar-refractivity contribution < 1.29 is 14.6 Å². The van der Waals surface area contributed by atoms with Crippen LogP contribution in [0.15, 0.2) is 22.7 Å². The molecule has 0 saturated carbocycles. The van der Waals surface area contributed by atoms with E-state index in [4.69, 9.17) is 4.74 Å². The number of ether oxygens (including phenoxy) is 1. The Hall–Kier alpha value is -1.07. The van der Waals surface area contributed by atoms with E-state index in [2.05, 4.69) is 20.8 Å². The normalized spacial score (nSPS) is 19.5. The Morgan fingerprint density at radius 1 is 1.58 bits per heavy atom. The third-order valence-corrected chi connectivity index (χ3v) is 3.80. The molecule has 1 aromatic carbocycles. The van der Waals surface area contributed by atoms with Gasteiger partial charge in [-0.3, -0.25) is 0 Å². The van der Waals surface area contributed by atoms with Gasteiger partial charge in [0.1, 0.15) is 0 Å². The summed E-state index contributed by atoms with van der Waals surface area (Å²) in [6, 6.07) is 5.28. The molecule has 1 saturated heterocycles. The van der Waals surface area contributed by atoms with Gasteiger partial charge in [0.25, 0.3) is 0 Å². The minimum Gasteiger partial charge on any atom is -0.478 e. The average Bonchev–Trinajstić information content (AvgIpc) is 2.39. The van der Waals surface area contributed by atoms with Gasteiger partial charge < -0.3 is 14.7 Å². The van der Waals surface area contributed by atoms with Gasteiger partial charge in [0.05, 0.1) is 17.4 Å². The minimum atomic E-state index is -0.888. The van der Waals surface area contributed by atoms with Crippen LogP contribution in [0.5, 0.6) is 0 Å². The number of rotatable bonds is 4. The quantitative estimate of drug-likeness (QED) is 0.922. The Bertz CT molecular complexity index is 462. The van der Waals surface area contributed by atoms with Crippen LogP contribution in [-0.2, 0) is 4.74 Å². The van der Waals surface area contributed by atoms with Gasteiger partial charge in [0, 0.05) is 24.2 Å². The monoisotopic (exact) mass is 327 g/mol. The van der Waals surface area contributed by atoms with E-state index in [0.29, 0.717) is 12.2 Å². The molecular weight excluding hydrogens is 310 g/mol. The van der Waals surface area contributed by atoms with Gasteiger partial charge in [0.2, 0.25) is 0 Å². The van der Waals surface area contributed by atoms with Crippen LogP contribution in [0.3, 0.4) is 0 Å². The molecule has 1 unspecified atom stereocenters. The first-order valence-electron chi connectivity index (χ1n) is 6.51. The lowest BCUT2D eigenvalue weighted by Gasteiger charge is -2.35. The molecule has 1 atom stereocenters. The van der Waals surface area contributed by atoms with Crippen LogP contribution in [0.2, 0.25) is 0 Å². The number of hydrogen-bond donors (Lipinski definition) is 1. The molecule has 0 aromatic heterocycles. The molecule has 0 amide bonds. The molecule has 1 heterocycles. The van der Waals surface area contributed by atoms with Crippen molar-refractivity contribution in [1.82, 2.24) is 0 Å². The highest BCUT2D eigenvalue weighted by molar-refractivity contribution is 9.10. The molecule has 1 N–H and O–H groups in total. The van der Waals surface area contributed by atoms with E-state index in [1.54, 1.807) is 12.1 Å². The molecule has 19 heavy (non-hydrogen) atoms. The van der Waals surface area contributed by atoms with Crippen LogP contribution < -0.4 is 4.90 Å². The summed E-state index contributed by atoms with van der Waals surface area (Å²) in [6.07, 6.45) is 2.26. The lowest BCUT2D eigenvalue weighted by molar-refractivity contribution is 0.0524. The number of carboxylic acids is 1. The van der Waals surface area contributed by atoms with Crippen molar-refractivity contribution >= 4 is 27.6 Å². The highest BCUT2D eigenvalue weighted by Crippen LogP contribution is 2.28. The van der Waals surface area contributed by atoms with Crippen molar-refractivity contribution in [3.8, 4) is 0 Å². The molecule has 4 nitrogen and oxygen atoms in total. The van der Waals surface area contributed by atoms with E-state index < -0.39 is 5.97 Å². The first-order chi connectivity index (χ1) is 9.11. The predicted octanol–water partition coefficient (Wildman–Crippen LogP) is 3.15. The summed E-state index contributed by atoms with van der Waals surface area (Å²) in [6.45, 7) is 4.31. The molecule has 1 aliphatic rings. The van der Waals surface area contributed by atoms with E-state index in [9.17, 15) is 9.90 Å². The molecule has 0 bridgehead atoms. The van der Waals surface area contributed by atoms with Crippen LogP contribution in [-0.4, -0.2) is 36.9 Å². The summed E-state index contributed by atoms with van der Waals surface area (Å²) in [5.74, 6) is -0.888. The molecule has 1 aromatic rings. The third-order valence-electron chi connectivity index (χ3n) is 3.31. The Morgan fingerprint density at radius 3 is 3.05 bits per heavy atom. The molecular formula is C14H18BrNO3. The van der Waals surface area contributed by atoms with Crippen LogP contribution in [0.25, 0.3) is 0 Å². The largest absolute Gasteiger partial charge is 0.478 e. The number of carboxylic acid groups (broad SMARTS) is 1. The highest BCUT2D eigenvalue weighted by atomic mass is 79.9. The maximum absolute atomic E-state index is 11.3. The van der Waals surface area contributed by atoms with Crippen LogP contribution in [0, 0.1) is 0 Å². The molecule has 0 radical (unpaired) electrons. The molecule has 0 aliphatic carbocycles. The van der Waals surface area contributed by atoms with E-state index >= 15 is 0 Å². The minimum absolute atomic E-state index is 0.194. The van der Waals surface area contributed by atoms with Gasteiger partial charge in [-0.15, -0.1) is 0 Å². The van der Waals surface area contributed by atoms with Gasteiger partial charge in [-0.25, -0.2) is 4.79 Å². The topological polar surface area (TPSA) is 49.8 Å². The number of hydrogen-bond acceptors (Lipinski definition) is 3. The maximum Gasteiger partial charge on any atom is 0.337 e. The molecule has 104 valence electrons. The number of carbonyl (C=O) groups is 1. The number of halogens is 1. The Balaban J connectivity index is 2.24. The summed E-state index contributed by atoms with van der Waals surface area (Å²) in [5, 5.41) is 9.28. The van der Waals surface area contributed by atoms with Gasteiger partial charge in [0.15, 0.2) is 0 Å². The van der Waals surface area contributed by atoms with E-state index in [-0.39, 0.29) is 6.10 Å². The Morgan fingerprint density at radius 2 is 2.37 bits per heavy atom. The zero-order chi connectivity index (χ0) is 13.8. The number of anilines is 1. The summed E-state index contributed by atoms with van der Waals surface area (Å²) in [5.41, 5.74) is 1.12. The van der Waals surface area contributed by atoms with Gasteiger partial charge in [-0.2, -0.15) is 0 Å². The first-order valence-corrected chi connectivity index (χ1v) is 7.30. The summed E-state index contributed by atoms with van der Waals surface area (Å²) < 4.78 is 6.56. The predicted molar refractivity (Wildman–Crippen MR) is 78.0 cm³/mol. The maximum atomic E-state index is 11.3. The van der Waals surface area contributed by atoms with Crippen molar-refractivity contribution in [2.45, 2.75) is 25.9 Å². The van der Waals surface area contributed by atoms with E-state index in [1.165, 1.54) is 0 Å². The van der Waals surface area contributed by atoms with E-state index in [0.717, 1.165) is 36.1 Å². The van der Waals surface area contributed by atoms with Crippen LogP contribution in [0.4, 0.5) is 5.69 Å². The molecule has 2 rings (SSSR count). The third kappa shape index (κ3) is 3.48. The standard InChI is InChI=1S/C14H18BrNO3/c1-2-19-11-4-3-7-16(9-11)13-8-10(15)5-6-12(13)14(17)18/h5-6,8,11H,2-4,7,9H2,1H3,(H,17,18). The molecule has 1 aliphatic heterocycles. The number of benzene rings is 1. The summed E-state index contributed by atoms with van der Waals surface area (Å²) >= 11 is 3.41. The lowest BCUT2D eigenvalue weighted by Crippen LogP contribution is -2.40. The smallest absolute Gasteiger partial charge is 0.337 e. The van der Waals surface area contributed by atoms with Crippen molar-refractivity contribution in [3.05, 3.63) is 28.2 Å². The summed E-state index contributed by atoms with van der Waals surface area (Å²) in [7, 11) is 0. The summed E-state index contributed by atoms with van der Waals surface area (Å²) in [4.78, 5) is 13.4. The highest BCUT2D eigenvalue weighted by Gasteiger charge is 2.23. The second kappa shape index (κ2) is 6.39. The number of aromatic carboxylic acids is 1. The first kappa shape index (κ1) is 14.3. The Kier molecular flexibility index (Phi) is 4.82. The zero-order valence-electron chi connectivity index (χ0n) is 10.9. The number of piperidine rings is 1. The van der Waals surface area contributed by atoms with Crippen molar-refractivity contribution in [2.75, 3.05) is 24.6 Å². The fourth-order valence-electron chi connectivity index (χ4n) is 2.48. The molecule has 5 heteroatoms. The molecule has 1 fully saturated rings. The lowest BCUT2D eigenvalue weighted by atomic mass is 10.1.